The van der Waals surface area contributed by atoms with Crippen LogP contribution in [0.3, 0.4) is 0 Å². The van der Waals surface area contributed by atoms with Crippen molar-refractivity contribution < 1.29 is 13.9 Å². The normalized spacial score (nSPS) is 11.5. The summed E-state index contributed by atoms with van der Waals surface area (Å²) in [5, 5.41) is 7.60. The maximum atomic E-state index is 12.9. The van der Waals surface area contributed by atoms with E-state index in [1.165, 1.54) is 47.3 Å². The van der Waals surface area contributed by atoms with Crippen molar-refractivity contribution in [3.8, 4) is 5.75 Å². The molecule has 1 heterocycles. The number of hydrogen-bond donors (Lipinski definition) is 0. The molecule has 176 valence electrons. The fourth-order valence-electron chi connectivity index (χ4n) is 4.95. The highest BCUT2D eigenvalue weighted by molar-refractivity contribution is 7.26. The van der Waals surface area contributed by atoms with Gasteiger partial charge >= 0.3 is 5.97 Å². The first-order valence-corrected chi connectivity index (χ1v) is 12.7. The monoisotopic (exact) mass is 490 g/mol. The fraction of sp³-hybridized carbons (Fsp3) is 0.0938. The maximum Gasteiger partial charge on any atom is 0.341 e. The van der Waals surface area contributed by atoms with Crippen molar-refractivity contribution >= 4 is 59.0 Å². The number of hydrogen-bond acceptors (Lipinski definition) is 3. The predicted molar refractivity (Wildman–Crippen MR) is 149 cm³/mol. The van der Waals surface area contributed by atoms with Crippen LogP contribution in [0.5, 0.6) is 5.75 Å². The minimum absolute atomic E-state index is 0.182. The second-order valence-corrected chi connectivity index (χ2v) is 10.0. The SMILES string of the molecule is C=C(CF)C(=O)Oc1ccccc1CCc1cc2ccccc2c2c1sc1ccc3ccccc3c12. The average molecular weight is 491 g/mol. The molecule has 6 aromatic rings. The largest absolute Gasteiger partial charge is 0.423 e. The summed E-state index contributed by atoms with van der Waals surface area (Å²) in [5.74, 6) is -0.272. The molecule has 5 aromatic carbocycles. The Morgan fingerprint density at radius 3 is 2.25 bits per heavy atom. The van der Waals surface area contributed by atoms with Crippen molar-refractivity contribution in [1.82, 2.24) is 0 Å². The number of carbonyl (C=O) groups is 1. The number of ether oxygens (including phenoxy) is 1. The van der Waals surface area contributed by atoms with Crippen LogP contribution in [0, 0.1) is 0 Å². The van der Waals surface area contributed by atoms with Gasteiger partial charge in [-0.05, 0) is 63.7 Å². The van der Waals surface area contributed by atoms with Crippen LogP contribution < -0.4 is 4.74 Å². The van der Waals surface area contributed by atoms with Crippen molar-refractivity contribution in [3.05, 3.63) is 114 Å². The van der Waals surface area contributed by atoms with E-state index in [0.29, 0.717) is 12.2 Å². The number of alkyl halides is 1. The lowest BCUT2D eigenvalue weighted by molar-refractivity contribution is -0.130. The number of benzene rings is 5. The Morgan fingerprint density at radius 2 is 1.44 bits per heavy atom. The van der Waals surface area contributed by atoms with Crippen molar-refractivity contribution in [2.75, 3.05) is 6.67 Å². The first-order chi connectivity index (χ1) is 17.6. The van der Waals surface area contributed by atoms with Crippen LogP contribution >= 0.6 is 11.3 Å². The number of thiophene rings is 1. The average Bonchev–Trinajstić information content (AvgIpc) is 3.32. The molecule has 0 fully saturated rings. The molecule has 0 bridgehead atoms. The van der Waals surface area contributed by atoms with E-state index in [1.54, 1.807) is 6.07 Å². The van der Waals surface area contributed by atoms with Crippen LogP contribution in [-0.2, 0) is 17.6 Å². The summed E-state index contributed by atoms with van der Waals surface area (Å²) in [6.07, 6.45) is 1.47. The van der Waals surface area contributed by atoms with E-state index in [2.05, 4.69) is 73.3 Å². The van der Waals surface area contributed by atoms with Crippen molar-refractivity contribution in [1.29, 1.82) is 0 Å². The highest BCUT2D eigenvalue weighted by Crippen LogP contribution is 2.44. The Balaban J connectivity index is 1.47. The van der Waals surface area contributed by atoms with Crippen LogP contribution in [0.15, 0.2) is 103 Å². The number of para-hydroxylation sites is 1. The molecule has 0 amide bonds. The highest BCUT2D eigenvalue weighted by Gasteiger charge is 2.17. The number of aryl methyl sites for hydroxylation is 2. The number of carbonyl (C=O) groups excluding carboxylic acids is 1. The Bertz CT molecular complexity index is 1800. The van der Waals surface area contributed by atoms with Gasteiger partial charge in [0.15, 0.2) is 0 Å². The van der Waals surface area contributed by atoms with Crippen molar-refractivity contribution in [3.63, 3.8) is 0 Å². The molecule has 0 N–H and O–H groups in total. The van der Waals surface area contributed by atoms with Crippen molar-refractivity contribution in [2.24, 2.45) is 0 Å². The van der Waals surface area contributed by atoms with Gasteiger partial charge in [0.1, 0.15) is 12.4 Å². The summed E-state index contributed by atoms with van der Waals surface area (Å²) in [6.45, 7) is 2.53. The lowest BCUT2D eigenvalue weighted by atomic mass is 9.95. The zero-order chi connectivity index (χ0) is 24.6. The van der Waals surface area contributed by atoms with Gasteiger partial charge in [-0.1, -0.05) is 79.4 Å². The predicted octanol–water partition coefficient (Wildman–Crippen LogP) is 8.58. The van der Waals surface area contributed by atoms with Crippen LogP contribution in [0.25, 0.3) is 41.7 Å². The van der Waals surface area contributed by atoms with Crippen LogP contribution in [0.1, 0.15) is 11.1 Å². The summed E-state index contributed by atoms with van der Waals surface area (Å²) in [6, 6.07) is 31.3. The molecule has 1 aromatic heterocycles. The fourth-order valence-corrected chi connectivity index (χ4v) is 6.22. The van der Waals surface area contributed by atoms with E-state index in [9.17, 15) is 9.18 Å². The summed E-state index contributed by atoms with van der Waals surface area (Å²) in [7, 11) is 0. The van der Waals surface area contributed by atoms with Gasteiger partial charge in [0.25, 0.3) is 0 Å². The minimum Gasteiger partial charge on any atom is -0.423 e. The van der Waals surface area contributed by atoms with Gasteiger partial charge in [0.05, 0.1) is 5.57 Å². The molecular formula is C32H23FO2S. The molecule has 4 heteroatoms. The summed E-state index contributed by atoms with van der Waals surface area (Å²) >= 11 is 1.84. The van der Waals surface area contributed by atoms with E-state index in [0.717, 1.165) is 12.0 Å². The Labute approximate surface area is 212 Å². The molecule has 0 aliphatic carbocycles. The highest BCUT2D eigenvalue weighted by atomic mass is 32.1. The molecule has 0 radical (unpaired) electrons. The molecule has 2 nitrogen and oxygen atoms in total. The van der Waals surface area contributed by atoms with Gasteiger partial charge < -0.3 is 4.74 Å². The molecule has 36 heavy (non-hydrogen) atoms. The first kappa shape index (κ1) is 22.4. The van der Waals surface area contributed by atoms with E-state index in [1.807, 2.05) is 29.5 Å². The zero-order valence-corrected chi connectivity index (χ0v) is 20.4. The van der Waals surface area contributed by atoms with Gasteiger partial charge in [-0.2, -0.15) is 0 Å². The molecule has 0 spiro atoms. The second-order valence-electron chi connectivity index (χ2n) is 8.96. The van der Waals surface area contributed by atoms with Crippen LogP contribution in [0.4, 0.5) is 4.39 Å². The van der Waals surface area contributed by atoms with E-state index in [4.69, 9.17) is 4.74 Å². The number of esters is 1. The molecule has 0 aliphatic heterocycles. The van der Waals surface area contributed by atoms with E-state index < -0.39 is 12.6 Å². The number of fused-ring (bicyclic) bond motifs is 7. The van der Waals surface area contributed by atoms with Gasteiger partial charge in [-0.15, -0.1) is 11.3 Å². The molecule has 0 atom stereocenters. The standard InChI is InChI=1S/C32H23FO2S/c1-20(19-33)32(34)35-27-13-7-4-9-22(27)14-15-24-18-23-10-3-6-12-26(23)30-29-25-11-5-2-8-21(25)16-17-28(29)36-31(24)30/h2-13,16-18H,1,14-15,19H2. The molecule has 0 unspecified atom stereocenters. The Hall–Kier alpha value is -4.02. The molecule has 0 aliphatic rings. The third kappa shape index (κ3) is 3.84. The first-order valence-electron chi connectivity index (χ1n) is 11.9. The van der Waals surface area contributed by atoms with Crippen LogP contribution in [-0.4, -0.2) is 12.6 Å². The quantitative estimate of drug-likeness (QED) is 0.133. The lowest BCUT2D eigenvalue weighted by Crippen LogP contribution is -2.13. The minimum atomic E-state index is -0.920. The summed E-state index contributed by atoms with van der Waals surface area (Å²) in [4.78, 5) is 12.1. The summed E-state index contributed by atoms with van der Waals surface area (Å²) in [5.41, 5.74) is 1.99. The third-order valence-electron chi connectivity index (χ3n) is 6.72. The third-order valence-corrected chi connectivity index (χ3v) is 7.95. The van der Waals surface area contributed by atoms with Gasteiger partial charge in [-0.3, -0.25) is 0 Å². The maximum absolute atomic E-state index is 12.9. The molecular weight excluding hydrogens is 467 g/mol. The lowest BCUT2D eigenvalue weighted by Gasteiger charge is -2.12. The summed E-state index contributed by atoms with van der Waals surface area (Å²) < 4.78 is 20.9. The molecule has 0 saturated carbocycles. The smallest absolute Gasteiger partial charge is 0.341 e. The van der Waals surface area contributed by atoms with Gasteiger partial charge in [-0.25, -0.2) is 9.18 Å². The number of rotatable bonds is 6. The van der Waals surface area contributed by atoms with Gasteiger partial charge in [0.2, 0.25) is 0 Å². The van der Waals surface area contributed by atoms with E-state index >= 15 is 0 Å². The zero-order valence-electron chi connectivity index (χ0n) is 19.6. The van der Waals surface area contributed by atoms with E-state index in [-0.39, 0.29) is 5.57 Å². The second kappa shape index (κ2) is 9.21. The molecule has 0 saturated heterocycles. The number of halogens is 1. The Kier molecular flexibility index (Phi) is 5.74. The van der Waals surface area contributed by atoms with Gasteiger partial charge in [0, 0.05) is 20.2 Å². The molecule has 6 rings (SSSR count). The van der Waals surface area contributed by atoms with Crippen LogP contribution in [0.2, 0.25) is 0 Å². The topological polar surface area (TPSA) is 26.3 Å². The Morgan fingerprint density at radius 1 is 0.778 bits per heavy atom. The van der Waals surface area contributed by atoms with Crippen molar-refractivity contribution in [2.45, 2.75) is 12.8 Å².